The third-order valence-electron chi connectivity index (χ3n) is 3.29. The summed E-state index contributed by atoms with van der Waals surface area (Å²) in [6, 6.07) is 7.98. The van der Waals surface area contributed by atoms with E-state index >= 15 is 0 Å². The molecule has 19 heavy (non-hydrogen) atoms. The Morgan fingerprint density at radius 2 is 2.05 bits per heavy atom. The molecule has 5 nitrogen and oxygen atoms in total. The Balaban J connectivity index is 1.95. The Morgan fingerprint density at radius 3 is 2.74 bits per heavy atom. The van der Waals surface area contributed by atoms with Crippen LogP contribution in [-0.4, -0.2) is 30.0 Å². The van der Waals surface area contributed by atoms with E-state index in [1.807, 2.05) is 31.2 Å². The monoisotopic (exact) mass is 259 g/mol. The average molecular weight is 259 g/mol. The largest absolute Gasteiger partial charge is 0.486 e. The number of nitrogens with one attached hydrogen (secondary N) is 1. The Labute approximate surface area is 111 Å². The number of aromatic nitrogens is 2. The van der Waals surface area contributed by atoms with Gasteiger partial charge < -0.3 is 15.2 Å². The van der Waals surface area contributed by atoms with Crippen LogP contribution in [0, 0.1) is 6.92 Å². The summed E-state index contributed by atoms with van der Waals surface area (Å²) in [7, 11) is 0. The third kappa shape index (κ3) is 2.29. The van der Waals surface area contributed by atoms with E-state index in [1.165, 1.54) is 0 Å². The van der Waals surface area contributed by atoms with Gasteiger partial charge in [-0.2, -0.15) is 5.10 Å². The van der Waals surface area contributed by atoms with E-state index in [4.69, 9.17) is 15.2 Å². The van der Waals surface area contributed by atoms with Gasteiger partial charge in [0.1, 0.15) is 13.2 Å². The number of hydrogen-bond acceptors (Lipinski definition) is 4. The lowest BCUT2D eigenvalue weighted by Gasteiger charge is -2.20. The van der Waals surface area contributed by atoms with Crippen LogP contribution in [0.3, 0.4) is 0 Å². The van der Waals surface area contributed by atoms with Gasteiger partial charge in [0.25, 0.3) is 0 Å². The minimum Gasteiger partial charge on any atom is -0.486 e. The molecule has 2 heterocycles. The van der Waals surface area contributed by atoms with Crippen molar-refractivity contribution in [2.75, 3.05) is 19.8 Å². The summed E-state index contributed by atoms with van der Waals surface area (Å²) in [6.07, 6.45) is 0. The van der Waals surface area contributed by atoms with Crippen LogP contribution < -0.4 is 15.2 Å². The molecule has 0 fully saturated rings. The number of benzene rings is 1. The van der Waals surface area contributed by atoms with Gasteiger partial charge in [-0.05, 0) is 30.7 Å². The fourth-order valence-corrected chi connectivity index (χ4v) is 2.32. The maximum absolute atomic E-state index is 5.90. The summed E-state index contributed by atoms with van der Waals surface area (Å²) < 4.78 is 11.1. The van der Waals surface area contributed by atoms with Gasteiger partial charge in [-0.3, -0.25) is 5.10 Å². The van der Waals surface area contributed by atoms with Crippen molar-refractivity contribution in [1.29, 1.82) is 0 Å². The van der Waals surface area contributed by atoms with Gasteiger partial charge in [0.2, 0.25) is 0 Å². The van der Waals surface area contributed by atoms with E-state index in [0.717, 1.165) is 28.5 Å². The second-order valence-electron chi connectivity index (χ2n) is 4.67. The van der Waals surface area contributed by atoms with Crippen molar-refractivity contribution in [3.63, 3.8) is 0 Å². The van der Waals surface area contributed by atoms with Crippen molar-refractivity contribution in [3.05, 3.63) is 41.2 Å². The molecule has 0 aliphatic carbocycles. The van der Waals surface area contributed by atoms with Crippen molar-refractivity contribution >= 4 is 0 Å². The number of H-pyrrole nitrogens is 1. The summed E-state index contributed by atoms with van der Waals surface area (Å²) in [5, 5.41) is 7.25. The van der Waals surface area contributed by atoms with Crippen LogP contribution in [0.5, 0.6) is 11.5 Å². The smallest absolute Gasteiger partial charge is 0.161 e. The second-order valence-corrected chi connectivity index (χ2v) is 4.67. The first-order chi connectivity index (χ1) is 9.28. The van der Waals surface area contributed by atoms with Gasteiger partial charge in [-0.25, -0.2) is 0 Å². The minimum atomic E-state index is 0.0702. The number of nitrogens with two attached hydrogens (primary N) is 1. The van der Waals surface area contributed by atoms with Crippen molar-refractivity contribution in [3.8, 4) is 11.5 Å². The molecule has 2 aromatic rings. The summed E-state index contributed by atoms with van der Waals surface area (Å²) >= 11 is 0. The molecule has 0 radical (unpaired) electrons. The van der Waals surface area contributed by atoms with Gasteiger partial charge in [0.15, 0.2) is 11.5 Å². The number of hydrogen-bond donors (Lipinski definition) is 2. The lowest BCUT2D eigenvalue weighted by Crippen LogP contribution is -2.17. The van der Waals surface area contributed by atoms with Crippen LogP contribution in [0.4, 0.5) is 0 Å². The van der Waals surface area contributed by atoms with E-state index in [2.05, 4.69) is 10.2 Å². The van der Waals surface area contributed by atoms with Gasteiger partial charge in [0, 0.05) is 18.2 Å². The SMILES string of the molecule is Cc1cc(C(CN)c2ccc3c(c2)OCCO3)n[nH]1. The van der Waals surface area contributed by atoms with Crippen LogP contribution in [-0.2, 0) is 0 Å². The number of fused-ring (bicyclic) bond motifs is 1. The molecular weight excluding hydrogens is 242 g/mol. The quantitative estimate of drug-likeness (QED) is 0.877. The standard InChI is InChI=1S/C14H17N3O2/c1-9-6-12(17-16-9)11(8-15)10-2-3-13-14(7-10)19-5-4-18-13/h2-3,6-7,11H,4-5,8,15H2,1H3,(H,16,17). The van der Waals surface area contributed by atoms with Gasteiger partial charge in [-0.1, -0.05) is 6.07 Å². The highest BCUT2D eigenvalue weighted by atomic mass is 16.6. The van der Waals surface area contributed by atoms with Gasteiger partial charge in [0.05, 0.1) is 5.69 Å². The molecule has 1 aromatic carbocycles. The van der Waals surface area contributed by atoms with Gasteiger partial charge in [-0.15, -0.1) is 0 Å². The highest BCUT2D eigenvalue weighted by Crippen LogP contribution is 2.34. The molecular formula is C14H17N3O2. The van der Waals surface area contributed by atoms with E-state index in [-0.39, 0.29) is 5.92 Å². The van der Waals surface area contributed by atoms with Gasteiger partial charge >= 0.3 is 0 Å². The number of aryl methyl sites for hydroxylation is 1. The van der Waals surface area contributed by atoms with Crippen LogP contribution in [0.25, 0.3) is 0 Å². The Hall–Kier alpha value is -2.01. The molecule has 3 rings (SSSR count). The van der Waals surface area contributed by atoms with Crippen molar-refractivity contribution in [1.82, 2.24) is 10.2 Å². The molecule has 0 amide bonds. The number of rotatable bonds is 3. The van der Waals surface area contributed by atoms with E-state index < -0.39 is 0 Å². The van der Waals surface area contributed by atoms with Crippen molar-refractivity contribution in [2.24, 2.45) is 5.73 Å². The second kappa shape index (κ2) is 4.93. The maximum atomic E-state index is 5.90. The highest BCUT2D eigenvalue weighted by Gasteiger charge is 2.19. The van der Waals surface area contributed by atoms with E-state index in [0.29, 0.717) is 19.8 Å². The van der Waals surface area contributed by atoms with Crippen LogP contribution in [0.15, 0.2) is 24.3 Å². The zero-order chi connectivity index (χ0) is 13.2. The first kappa shape index (κ1) is 12.0. The molecule has 0 bridgehead atoms. The molecule has 0 spiro atoms. The number of aromatic amines is 1. The lowest BCUT2D eigenvalue weighted by molar-refractivity contribution is 0.171. The number of ether oxygens (including phenoxy) is 2. The molecule has 1 unspecified atom stereocenters. The summed E-state index contributed by atoms with van der Waals surface area (Å²) in [5.41, 5.74) is 8.98. The first-order valence-electron chi connectivity index (χ1n) is 6.39. The molecule has 1 atom stereocenters. The normalized spacial score (nSPS) is 15.3. The number of nitrogens with zero attached hydrogens (tertiary/aromatic N) is 1. The van der Waals surface area contributed by atoms with E-state index in [9.17, 15) is 0 Å². The first-order valence-corrected chi connectivity index (χ1v) is 6.39. The predicted molar refractivity (Wildman–Crippen MR) is 71.7 cm³/mol. The van der Waals surface area contributed by atoms with Crippen molar-refractivity contribution in [2.45, 2.75) is 12.8 Å². The van der Waals surface area contributed by atoms with Crippen LogP contribution in [0.1, 0.15) is 22.9 Å². The molecule has 0 saturated carbocycles. The Morgan fingerprint density at radius 1 is 1.26 bits per heavy atom. The van der Waals surface area contributed by atoms with Crippen LogP contribution >= 0.6 is 0 Å². The zero-order valence-corrected chi connectivity index (χ0v) is 10.8. The minimum absolute atomic E-state index is 0.0702. The average Bonchev–Trinajstić information content (AvgIpc) is 2.86. The predicted octanol–water partition coefficient (Wildman–Crippen LogP) is 1.58. The molecule has 3 N–H and O–H groups in total. The Bertz CT molecular complexity index is 580. The molecule has 5 heteroatoms. The fourth-order valence-electron chi connectivity index (χ4n) is 2.32. The molecule has 100 valence electrons. The molecule has 1 aromatic heterocycles. The van der Waals surface area contributed by atoms with E-state index in [1.54, 1.807) is 0 Å². The van der Waals surface area contributed by atoms with Crippen LogP contribution in [0.2, 0.25) is 0 Å². The summed E-state index contributed by atoms with van der Waals surface area (Å²) in [4.78, 5) is 0. The third-order valence-corrected chi connectivity index (χ3v) is 3.29. The molecule has 1 aliphatic rings. The topological polar surface area (TPSA) is 73.2 Å². The summed E-state index contributed by atoms with van der Waals surface area (Å²) in [6.45, 7) is 3.67. The highest BCUT2D eigenvalue weighted by molar-refractivity contribution is 5.46. The zero-order valence-electron chi connectivity index (χ0n) is 10.8. The molecule has 1 aliphatic heterocycles. The summed E-state index contributed by atoms with van der Waals surface area (Å²) in [5.74, 6) is 1.65. The Kier molecular flexibility index (Phi) is 3.13. The fraction of sp³-hybridized carbons (Fsp3) is 0.357. The lowest BCUT2D eigenvalue weighted by atomic mass is 9.95. The maximum Gasteiger partial charge on any atom is 0.161 e. The van der Waals surface area contributed by atoms with Crippen molar-refractivity contribution < 1.29 is 9.47 Å². The molecule has 0 saturated heterocycles.